The lowest BCUT2D eigenvalue weighted by Gasteiger charge is -2.32. The molecule has 4 heteroatoms. The highest BCUT2D eigenvalue weighted by Crippen LogP contribution is 2.46. The molecule has 1 fully saturated rings. The van der Waals surface area contributed by atoms with E-state index in [1.54, 1.807) is 16.4 Å². The summed E-state index contributed by atoms with van der Waals surface area (Å²) in [5.74, 6) is 0. The molecule has 3 nitrogen and oxygen atoms in total. The molecule has 0 radical (unpaired) electrons. The molecule has 0 unspecified atom stereocenters. The van der Waals surface area contributed by atoms with Crippen LogP contribution in [0.2, 0.25) is 0 Å². The van der Waals surface area contributed by atoms with E-state index < -0.39 is 10.0 Å². The van der Waals surface area contributed by atoms with Gasteiger partial charge in [-0.3, -0.25) is 0 Å². The van der Waals surface area contributed by atoms with Gasteiger partial charge in [-0.15, -0.1) is 0 Å². The number of benzene rings is 1. The summed E-state index contributed by atoms with van der Waals surface area (Å²) in [4.78, 5) is 0.395. The van der Waals surface area contributed by atoms with Crippen LogP contribution in [-0.4, -0.2) is 25.8 Å². The molecule has 1 aliphatic rings. The number of nitrogens with zero attached hydrogens (tertiary/aromatic N) is 1. The van der Waals surface area contributed by atoms with E-state index in [0.717, 1.165) is 5.56 Å². The van der Waals surface area contributed by atoms with Gasteiger partial charge in [0.05, 0.1) is 4.90 Å². The summed E-state index contributed by atoms with van der Waals surface area (Å²) < 4.78 is 26.9. The number of hydrogen-bond donors (Lipinski definition) is 0. The van der Waals surface area contributed by atoms with Crippen LogP contribution in [0.25, 0.3) is 0 Å². The van der Waals surface area contributed by atoms with E-state index in [1.165, 1.54) is 0 Å². The van der Waals surface area contributed by atoms with Crippen molar-refractivity contribution in [1.29, 1.82) is 0 Å². The first-order chi connectivity index (χ1) is 8.56. The molecule has 0 spiro atoms. The first kappa shape index (κ1) is 14.5. The smallest absolute Gasteiger partial charge is 0.207 e. The third-order valence-electron chi connectivity index (χ3n) is 4.63. The lowest BCUT2D eigenvalue weighted by molar-refractivity contribution is 0.184. The second-order valence-corrected chi connectivity index (χ2v) is 8.79. The first-order valence-corrected chi connectivity index (χ1v) is 8.07. The van der Waals surface area contributed by atoms with Gasteiger partial charge in [-0.2, -0.15) is 4.31 Å². The van der Waals surface area contributed by atoms with Crippen molar-refractivity contribution in [3.8, 4) is 0 Å². The van der Waals surface area contributed by atoms with Gasteiger partial charge in [-0.25, -0.2) is 8.42 Å². The van der Waals surface area contributed by atoms with Crippen LogP contribution in [0.3, 0.4) is 0 Å². The molecule has 0 amide bonds. The van der Waals surface area contributed by atoms with Gasteiger partial charge in [0, 0.05) is 13.1 Å². The molecule has 0 saturated carbocycles. The summed E-state index contributed by atoms with van der Waals surface area (Å²) in [6.45, 7) is 11.7. The molecule has 1 aromatic carbocycles. The van der Waals surface area contributed by atoms with Crippen molar-refractivity contribution < 1.29 is 8.42 Å². The van der Waals surface area contributed by atoms with Crippen molar-refractivity contribution in [2.24, 2.45) is 10.8 Å². The Morgan fingerprint density at radius 1 is 0.947 bits per heavy atom. The van der Waals surface area contributed by atoms with Crippen molar-refractivity contribution in [2.75, 3.05) is 13.1 Å². The van der Waals surface area contributed by atoms with Crippen molar-refractivity contribution in [3.63, 3.8) is 0 Å². The van der Waals surface area contributed by atoms with E-state index in [2.05, 4.69) is 27.7 Å². The number of aryl methyl sites for hydroxylation is 1. The van der Waals surface area contributed by atoms with Crippen LogP contribution in [-0.2, 0) is 10.0 Å². The average molecular weight is 281 g/mol. The second-order valence-electron chi connectivity index (χ2n) is 6.85. The zero-order chi connectivity index (χ0) is 14.5. The number of hydrogen-bond acceptors (Lipinski definition) is 2. The molecule has 0 N–H and O–H groups in total. The minimum Gasteiger partial charge on any atom is -0.207 e. The molecule has 0 atom stereocenters. The average Bonchev–Trinajstić information content (AvgIpc) is 2.49. The first-order valence-electron chi connectivity index (χ1n) is 6.63. The maximum Gasteiger partial charge on any atom is 0.243 e. The van der Waals surface area contributed by atoms with E-state index in [0.29, 0.717) is 18.0 Å². The SMILES string of the molecule is Cc1ccc(S(=O)(=O)N2CC(C)(C)C(C)(C)C2)cc1. The van der Waals surface area contributed by atoms with Gasteiger partial charge in [0.2, 0.25) is 10.0 Å². The van der Waals surface area contributed by atoms with Crippen molar-refractivity contribution in [2.45, 2.75) is 39.5 Å². The predicted molar refractivity (Wildman–Crippen MR) is 77.5 cm³/mol. The van der Waals surface area contributed by atoms with E-state index in [1.807, 2.05) is 19.1 Å². The molecular weight excluding hydrogens is 258 g/mol. The van der Waals surface area contributed by atoms with Crippen LogP contribution in [0.5, 0.6) is 0 Å². The molecule has 2 rings (SSSR count). The topological polar surface area (TPSA) is 37.4 Å². The summed E-state index contributed by atoms with van der Waals surface area (Å²) in [5.41, 5.74) is 1.05. The summed E-state index contributed by atoms with van der Waals surface area (Å²) >= 11 is 0. The minimum atomic E-state index is -3.36. The maximum atomic E-state index is 12.6. The quantitative estimate of drug-likeness (QED) is 0.835. The van der Waals surface area contributed by atoms with Gasteiger partial charge in [-0.1, -0.05) is 45.4 Å². The number of rotatable bonds is 2. The fraction of sp³-hybridized carbons (Fsp3) is 0.600. The lowest BCUT2D eigenvalue weighted by Crippen LogP contribution is -2.30. The van der Waals surface area contributed by atoms with Gasteiger partial charge in [-0.05, 0) is 29.9 Å². The highest BCUT2D eigenvalue weighted by Gasteiger charge is 2.49. The molecule has 1 aliphatic heterocycles. The molecule has 106 valence electrons. The molecular formula is C15H23NO2S. The molecule has 1 aromatic rings. The zero-order valence-electron chi connectivity index (χ0n) is 12.4. The van der Waals surface area contributed by atoms with Gasteiger partial charge >= 0.3 is 0 Å². The number of sulfonamides is 1. The summed E-state index contributed by atoms with van der Waals surface area (Å²) in [6, 6.07) is 7.09. The third-order valence-corrected chi connectivity index (χ3v) is 6.44. The van der Waals surface area contributed by atoms with Crippen LogP contribution < -0.4 is 0 Å². The predicted octanol–water partition coefficient (Wildman–Crippen LogP) is 3.05. The van der Waals surface area contributed by atoms with Crippen LogP contribution >= 0.6 is 0 Å². The Morgan fingerprint density at radius 3 is 1.79 bits per heavy atom. The Morgan fingerprint density at radius 2 is 1.37 bits per heavy atom. The Labute approximate surface area is 116 Å². The third kappa shape index (κ3) is 2.43. The Hall–Kier alpha value is -0.870. The molecule has 0 bridgehead atoms. The fourth-order valence-electron chi connectivity index (χ4n) is 2.39. The monoisotopic (exact) mass is 281 g/mol. The molecule has 1 heterocycles. The minimum absolute atomic E-state index is 0.00916. The van der Waals surface area contributed by atoms with Crippen molar-refractivity contribution in [1.82, 2.24) is 4.31 Å². The van der Waals surface area contributed by atoms with E-state index in [-0.39, 0.29) is 10.8 Å². The lowest BCUT2D eigenvalue weighted by atomic mass is 9.71. The van der Waals surface area contributed by atoms with E-state index >= 15 is 0 Å². The van der Waals surface area contributed by atoms with Crippen LogP contribution in [0.4, 0.5) is 0 Å². The van der Waals surface area contributed by atoms with Gasteiger partial charge in [0.1, 0.15) is 0 Å². The zero-order valence-corrected chi connectivity index (χ0v) is 13.2. The van der Waals surface area contributed by atoms with Crippen LogP contribution in [0, 0.1) is 17.8 Å². The largest absolute Gasteiger partial charge is 0.243 e. The van der Waals surface area contributed by atoms with E-state index in [9.17, 15) is 8.42 Å². The van der Waals surface area contributed by atoms with Gasteiger partial charge in [0.25, 0.3) is 0 Å². The Kier molecular flexibility index (Phi) is 3.30. The Balaban J connectivity index is 2.35. The normalized spacial score (nSPS) is 22.6. The highest BCUT2D eigenvalue weighted by atomic mass is 32.2. The highest BCUT2D eigenvalue weighted by molar-refractivity contribution is 7.89. The summed E-state index contributed by atoms with van der Waals surface area (Å²) in [6.07, 6.45) is 0. The fourth-order valence-corrected chi connectivity index (χ4v) is 4.16. The van der Waals surface area contributed by atoms with Gasteiger partial charge in [0.15, 0.2) is 0 Å². The molecule has 1 saturated heterocycles. The summed E-state index contributed by atoms with van der Waals surface area (Å²) in [7, 11) is -3.36. The summed E-state index contributed by atoms with van der Waals surface area (Å²) in [5, 5.41) is 0. The van der Waals surface area contributed by atoms with Crippen molar-refractivity contribution >= 4 is 10.0 Å². The second kappa shape index (κ2) is 4.32. The maximum absolute atomic E-state index is 12.6. The standard InChI is InChI=1S/C15H23NO2S/c1-12-6-8-13(9-7-12)19(17,18)16-10-14(2,3)15(4,5)11-16/h6-9H,10-11H2,1-5H3. The molecule has 19 heavy (non-hydrogen) atoms. The van der Waals surface area contributed by atoms with Gasteiger partial charge < -0.3 is 0 Å². The van der Waals surface area contributed by atoms with Crippen molar-refractivity contribution in [3.05, 3.63) is 29.8 Å². The Bertz CT molecular complexity index is 555. The van der Waals surface area contributed by atoms with Crippen LogP contribution in [0.1, 0.15) is 33.3 Å². The molecule has 0 aromatic heterocycles. The van der Waals surface area contributed by atoms with Crippen LogP contribution in [0.15, 0.2) is 29.2 Å². The van der Waals surface area contributed by atoms with E-state index in [4.69, 9.17) is 0 Å². The molecule has 0 aliphatic carbocycles.